The number of allylic oxidation sites excluding steroid dienone is 10. The minimum Gasteiger partial charge on any atom is -0.457 e. The topological polar surface area (TPSA) is 55.8 Å². The van der Waals surface area contributed by atoms with Crippen LogP contribution in [-0.2, 0) is 14.3 Å². The van der Waals surface area contributed by atoms with Crippen LogP contribution in [0.3, 0.4) is 0 Å². The number of unbranched alkanes of at least 4 members (excludes halogenated alkanes) is 21. The molecule has 0 aromatic rings. The molecule has 50 heavy (non-hydrogen) atoms. The lowest BCUT2D eigenvalue weighted by Crippen LogP contribution is -2.27. The van der Waals surface area contributed by atoms with Crippen molar-refractivity contribution in [3.05, 3.63) is 60.8 Å². The van der Waals surface area contributed by atoms with Gasteiger partial charge in [-0.15, -0.1) is 0 Å². The molecule has 0 saturated heterocycles. The first-order valence-electron chi connectivity index (χ1n) is 21.4. The zero-order chi connectivity index (χ0) is 36.3. The molecule has 0 aliphatic heterocycles. The summed E-state index contributed by atoms with van der Waals surface area (Å²) in [5, 5.41) is 9.59. The molecule has 1 atom stereocenters. The minimum atomic E-state index is -0.549. The Hall–Kier alpha value is -1.91. The number of rotatable bonds is 39. The number of hydrogen-bond acceptors (Lipinski definition) is 4. The fraction of sp³-hybridized carbons (Fsp3) is 0.761. The third-order valence-electron chi connectivity index (χ3n) is 9.07. The van der Waals surface area contributed by atoms with Crippen molar-refractivity contribution >= 4 is 5.97 Å². The summed E-state index contributed by atoms with van der Waals surface area (Å²) in [5.41, 5.74) is 0. The fourth-order valence-corrected chi connectivity index (χ4v) is 5.83. The van der Waals surface area contributed by atoms with Gasteiger partial charge in [-0.05, 0) is 83.5 Å². The lowest BCUT2D eigenvalue weighted by molar-refractivity contribution is -0.154. The summed E-state index contributed by atoms with van der Waals surface area (Å²) < 4.78 is 11.1. The van der Waals surface area contributed by atoms with Crippen LogP contribution in [-0.4, -0.2) is 37.0 Å². The molecule has 0 bridgehead atoms. The second kappa shape index (κ2) is 43.3. The van der Waals surface area contributed by atoms with Gasteiger partial charge in [0.05, 0.1) is 13.2 Å². The standard InChI is InChI=1S/C46H82O4/c1-3-5-7-9-11-13-15-17-19-21-22-23-24-25-26-28-30-32-34-36-38-40-42-49-44-45(43-47)50-46(48)41-39-37-35-33-31-29-27-20-18-16-14-12-10-8-6-4-2/h14-17,20-22,24-25,27,45,47H,3-13,18-19,23,26,28-44H2,1-2H3/b16-14-,17-15-,22-21-,25-24-,27-20-. The van der Waals surface area contributed by atoms with Crippen molar-refractivity contribution in [1.82, 2.24) is 0 Å². The molecule has 0 fully saturated rings. The molecule has 4 heteroatoms. The Morgan fingerprint density at radius 1 is 0.480 bits per heavy atom. The molecule has 1 N–H and O–H groups in total. The third kappa shape index (κ3) is 40.5. The number of esters is 1. The first kappa shape index (κ1) is 48.1. The third-order valence-corrected chi connectivity index (χ3v) is 9.07. The fourth-order valence-electron chi connectivity index (χ4n) is 5.83. The number of aliphatic hydroxyl groups excluding tert-OH is 1. The van der Waals surface area contributed by atoms with E-state index in [2.05, 4.69) is 74.6 Å². The predicted molar refractivity (Wildman–Crippen MR) is 219 cm³/mol. The highest BCUT2D eigenvalue weighted by Gasteiger charge is 2.13. The zero-order valence-corrected chi connectivity index (χ0v) is 33.2. The van der Waals surface area contributed by atoms with Gasteiger partial charge >= 0.3 is 5.97 Å². The van der Waals surface area contributed by atoms with Gasteiger partial charge < -0.3 is 14.6 Å². The smallest absolute Gasteiger partial charge is 0.306 e. The van der Waals surface area contributed by atoms with Crippen molar-refractivity contribution in [3.8, 4) is 0 Å². The Bertz CT molecular complexity index is 824. The average Bonchev–Trinajstić information content (AvgIpc) is 3.12. The largest absolute Gasteiger partial charge is 0.457 e. The Morgan fingerprint density at radius 3 is 1.28 bits per heavy atom. The molecule has 0 amide bonds. The molecular weight excluding hydrogens is 617 g/mol. The van der Waals surface area contributed by atoms with Crippen LogP contribution in [0.4, 0.5) is 0 Å². The number of hydrogen-bond donors (Lipinski definition) is 1. The van der Waals surface area contributed by atoms with Crippen molar-refractivity contribution in [2.24, 2.45) is 0 Å². The van der Waals surface area contributed by atoms with E-state index in [9.17, 15) is 9.90 Å². The highest BCUT2D eigenvalue weighted by molar-refractivity contribution is 5.69. The van der Waals surface area contributed by atoms with Gasteiger partial charge in [0, 0.05) is 13.0 Å². The maximum Gasteiger partial charge on any atom is 0.306 e. The van der Waals surface area contributed by atoms with Crippen LogP contribution >= 0.6 is 0 Å². The molecule has 0 rings (SSSR count). The Labute approximate surface area is 311 Å². The van der Waals surface area contributed by atoms with Crippen LogP contribution in [0.2, 0.25) is 0 Å². The van der Waals surface area contributed by atoms with Gasteiger partial charge in [0.1, 0.15) is 6.10 Å². The minimum absolute atomic E-state index is 0.184. The van der Waals surface area contributed by atoms with Crippen LogP contribution in [0.5, 0.6) is 0 Å². The lowest BCUT2D eigenvalue weighted by atomic mass is 10.1. The second-order valence-corrected chi connectivity index (χ2v) is 14.1. The summed E-state index contributed by atoms with van der Waals surface area (Å²) in [5.74, 6) is -0.219. The first-order chi connectivity index (χ1) is 24.7. The average molecular weight is 699 g/mol. The Balaban J connectivity index is 3.50. The molecule has 0 aliphatic rings. The van der Waals surface area contributed by atoms with Crippen LogP contribution < -0.4 is 0 Å². The maximum atomic E-state index is 12.2. The van der Waals surface area contributed by atoms with Crippen molar-refractivity contribution < 1.29 is 19.4 Å². The maximum absolute atomic E-state index is 12.2. The van der Waals surface area contributed by atoms with Gasteiger partial charge in [-0.2, -0.15) is 0 Å². The van der Waals surface area contributed by atoms with Gasteiger partial charge in [0.15, 0.2) is 0 Å². The van der Waals surface area contributed by atoms with Crippen molar-refractivity contribution in [3.63, 3.8) is 0 Å². The van der Waals surface area contributed by atoms with E-state index in [1.165, 1.54) is 122 Å². The van der Waals surface area contributed by atoms with Gasteiger partial charge in [-0.25, -0.2) is 0 Å². The molecule has 4 nitrogen and oxygen atoms in total. The summed E-state index contributed by atoms with van der Waals surface area (Å²) in [6.45, 7) is 5.28. The van der Waals surface area contributed by atoms with Crippen molar-refractivity contribution in [2.45, 2.75) is 206 Å². The molecule has 0 aromatic heterocycles. The number of carbonyl (C=O) groups is 1. The Morgan fingerprint density at radius 2 is 0.840 bits per heavy atom. The van der Waals surface area contributed by atoms with E-state index in [4.69, 9.17) is 9.47 Å². The number of carbonyl (C=O) groups excluding carboxylic acids is 1. The van der Waals surface area contributed by atoms with Crippen molar-refractivity contribution in [2.75, 3.05) is 19.8 Å². The molecule has 1 unspecified atom stereocenters. The summed E-state index contributed by atoms with van der Waals surface area (Å²) in [4.78, 5) is 12.2. The monoisotopic (exact) mass is 699 g/mol. The van der Waals surface area contributed by atoms with E-state index in [-0.39, 0.29) is 19.2 Å². The molecular formula is C46H82O4. The summed E-state index contributed by atoms with van der Waals surface area (Å²) in [7, 11) is 0. The van der Waals surface area contributed by atoms with Gasteiger partial charge in [0.25, 0.3) is 0 Å². The molecule has 0 aliphatic carbocycles. The van der Waals surface area contributed by atoms with Crippen LogP contribution in [0, 0.1) is 0 Å². The van der Waals surface area contributed by atoms with Crippen molar-refractivity contribution in [1.29, 1.82) is 0 Å². The van der Waals surface area contributed by atoms with Gasteiger partial charge in [0.2, 0.25) is 0 Å². The summed E-state index contributed by atoms with van der Waals surface area (Å²) in [6, 6.07) is 0. The van der Waals surface area contributed by atoms with Crippen LogP contribution in [0.1, 0.15) is 200 Å². The lowest BCUT2D eigenvalue weighted by Gasteiger charge is -2.15. The van der Waals surface area contributed by atoms with Crippen LogP contribution in [0.15, 0.2) is 60.8 Å². The molecule has 0 aromatic carbocycles. The highest BCUT2D eigenvalue weighted by atomic mass is 16.6. The second-order valence-electron chi connectivity index (χ2n) is 14.1. The number of ether oxygens (including phenoxy) is 2. The first-order valence-corrected chi connectivity index (χ1v) is 21.4. The molecule has 0 spiro atoms. The van der Waals surface area contributed by atoms with E-state index in [0.717, 1.165) is 57.8 Å². The van der Waals surface area contributed by atoms with E-state index in [1.54, 1.807) is 0 Å². The summed E-state index contributed by atoms with van der Waals surface area (Å²) in [6.07, 6.45) is 57.0. The Kier molecular flexibility index (Phi) is 41.6. The highest BCUT2D eigenvalue weighted by Crippen LogP contribution is 2.12. The van der Waals surface area contributed by atoms with Gasteiger partial charge in [-0.1, -0.05) is 171 Å². The van der Waals surface area contributed by atoms with Gasteiger partial charge in [-0.3, -0.25) is 4.79 Å². The van der Waals surface area contributed by atoms with Crippen LogP contribution in [0.25, 0.3) is 0 Å². The molecule has 0 heterocycles. The summed E-state index contributed by atoms with van der Waals surface area (Å²) >= 11 is 0. The SMILES string of the molecule is CCCCCC/C=C\C/C=C\CCCCCCCC(=O)OC(CO)COCCCCCCCCC/C=C\C/C=C\C/C=C\CCCCCCC. The van der Waals surface area contributed by atoms with E-state index < -0.39 is 6.10 Å². The number of aliphatic hydroxyl groups is 1. The zero-order valence-electron chi connectivity index (χ0n) is 33.2. The van der Waals surface area contributed by atoms with E-state index in [0.29, 0.717) is 13.0 Å². The predicted octanol–water partition coefficient (Wildman–Crippen LogP) is 14.0. The molecule has 0 radical (unpaired) electrons. The van der Waals surface area contributed by atoms with E-state index in [1.807, 2.05) is 0 Å². The normalized spacial score (nSPS) is 12.9. The van der Waals surface area contributed by atoms with E-state index >= 15 is 0 Å². The molecule has 0 saturated carbocycles. The quantitative estimate of drug-likeness (QED) is 0.0394. The molecule has 290 valence electrons.